The van der Waals surface area contributed by atoms with Crippen LogP contribution in [0.25, 0.3) is 0 Å². The molecule has 1 aromatic rings. The zero-order valence-electron chi connectivity index (χ0n) is 12.8. The zero-order chi connectivity index (χ0) is 14.0. The third-order valence-electron chi connectivity index (χ3n) is 4.25. The second-order valence-electron chi connectivity index (χ2n) is 6.70. The van der Waals surface area contributed by atoms with Crippen molar-refractivity contribution in [3.05, 3.63) is 23.7 Å². The molecule has 0 amide bonds. The SMILES string of the molecule is CCC(N)C(c1ccc(C)o1)N1CCCC(C)(C)C1. The molecule has 108 valence electrons. The Morgan fingerprint density at radius 2 is 2.16 bits per heavy atom. The molecule has 0 saturated carbocycles. The smallest absolute Gasteiger partial charge is 0.122 e. The summed E-state index contributed by atoms with van der Waals surface area (Å²) < 4.78 is 5.87. The second kappa shape index (κ2) is 5.68. The number of aryl methyl sites for hydroxylation is 1. The van der Waals surface area contributed by atoms with E-state index in [2.05, 4.69) is 31.7 Å². The Balaban J connectivity index is 2.22. The molecule has 1 fully saturated rings. The molecule has 0 aliphatic carbocycles. The fraction of sp³-hybridized carbons (Fsp3) is 0.750. The lowest BCUT2D eigenvalue weighted by Gasteiger charge is -2.43. The minimum atomic E-state index is 0.138. The number of nitrogens with two attached hydrogens (primary N) is 1. The molecule has 0 bridgehead atoms. The summed E-state index contributed by atoms with van der Waals surface area (Å²) in [6, 6.07) is 4.49. The van der Waals surface area contributed by atoms with Crippen LogP contribution in [0.1, 0.15) is 57.6 Å². The van der Waals surface area contributed by atoms with Crippen molar-refractivity contribution in [2.45, 2.75) is 59.0 Å². The summed E-state index contributed by atoms with van der Waals surface area (Å²) in [6.07, 6.45) is 3.52. The van der Waals surface area contributed by atoms with Crippen LogP contribution in [-0.4, -0.2) is 24.0 Å². The van der Waals surface area contributed by atoms with Crippen LogP contribution in [0.3, 0.4) is 0 Å². The van der Waals surface area contributed by atoms with Gasteiger partial charge in [-0.05, 0) is 50.3 Å². The first-order valence-corrected chi connectivity index (χ1v) is 7.49. The number of rotatable bonds is 4. The van der Waals surface area contributed by atoms with E-state index >= 15 is 0 Å². The van der Waals surface area contributed by atoms with Gasteiger partial charge in [0.25, 0.3) is 0 Å². The fourth-order valence-electron chi connectivity index (χ4n) is 3.20. The average Bonchev–Trinajstić information content (AvgIpc) is 2.74. The first-order chi connectivity index (χ1) is 8.93. The van der Waals surface area contributed by atoms with Gasteiger partial charge in [0.05, 0.1) is 6.04 Å². The van der Waals surface area contributed by atoms with Gasteiger partial charge in [-0.25, -0.2) is 0 Å². The molecule has 2 atom stereocenters. The Labute approximate surface area is 117 Å². The summed E-state index contributed by atoms with van der Waals surface area (Å²) >= 11 is 0. The Morgan fingerprint density at radius 1 is 1.42 bits per heavy atom. The fourth-order valence-corrected chi connectivity index (χ4v) is 3.20. The molecule has 2 N–H and O–H groups in total. The van der Waals surface area contributed by atoms with Crippen LogP contribution in [-0.2, 0) is 0 Å². The summed E-state index contributed by atoms with van der Waals surface area (Å²) in [5, 5.41) is 0. The van der Waals surface area contributed by atoms with E-state index in [1.165, 1.54) is 12.8 Å². The summed E-state index contributed by atoms with van der Waals surface area (Å²) in [5.41, 5.74) is 6.76. The van der Waals surface area contributed by atoms with E-state index < -0.39 is 0 Å². The highest BCUT2D eigenvalue weighted by atomic mass is 16.3. The lowest BCUT2D eigenvalue weighted by Crippen LogP contribution is -2.47. The summed E-state index contributed by atoms with van der Waals surface area (Å²) in [5.74, 6) is 2.00. The van der Waals surface area contributed by atoms with E-state index in [1.807, 2.05) is 13.0 Å². The maximum atomic E-state index is 6.38. The monoisotopic (exact) mass is 264 g/mol. The second-order valence-corrected chi connectivity index (χ2v) is 6.70. The molecule has 3 nitrogen and oxygen atoms in total. The summed E-state index contributed by atoms with van der Waals surface area (Å²) in [4.78, 5) is 2.52. The van der Waals surface area contributed by atoms with Gasteiger partial charge in [0.1, 0.15) is 11.5 Å². The summed E-state index contributed by atoms with van der Waals surface area (Å²) in [6.45, 7) is 11.1. The van der Waals surface area contributed by atoms with Crippen LogP contribution < -0.4 is 5.73 Å². The van der Waals surface area contributed by atoms with E-state index in [-0.39, 0.29) is 12.1 Å². The predicted molar refractivity (Wildman–Crippen MR) is 79.0 cm³/mol. The number of hydrogen-bond donors (Lipinski definition) is 1. The van der Waals surface area contributed by atoms with E-state index in [0.717, 1.165) is 31.0 Å². The van der Waals surface area contributed by atoms with Gasteiger partial charge in [-0.2, -0.15) is 0 Å². The van der Waals surface area contributed by atoms with Gasteiger partial charge >= 0.3 is 0 Å². The molecule has 1 saturated heterocycles. The van der Waals surface area contributed by atoms with Crippen molar-refractivity contribution >= 4 is 0 Å². The molecule has 3 heteroatoms. The Kier molecular flexibility index (Phi) is 4.36. The largest absolute Gasteiger partial charge is 0.465 e. The minimum Gasteiger partial charge on any atom is -0.465 e. The minimum absolute atomic E-state index is 0.138. The van der Waals surface area contributed by atoms with Crippen molar-refractivity contribution in [3.8, 4) is 0 Å². The van der Waals surface area contributed by atoms with Crippen LogP contribution in [0.5, 0.6) is 0 Å². The van der Waals surface area contributed by atoms with E-state index in [0.29, 0.717) is 5.41 Å². The Morgan fingerprint density at radius 3 is 2.68 bits per heavy atom. The molecule has 1 aromatic heterocycles. The van der Waals surface area contributed by atoms with Crippen LogP contribution in [0.15, 0.2) is 16.5 Å². The maximum Gasteiger partial charge on any atom is 0.122 e. The van der Waals surface area contributed by atoms with E-state index in [1.54, 1.807) is 0 Å². The Bertz CT molecular complexity index is 411. The van der Waals surface area contributed by atoms with Gasteiger partial charge in [-0.1, -0.05) is 20.8 Å². The molecular weight excluding hydrogens is 236 g/mol. The topological polar surface area (TPSA) is 42.4 Å². The van der Waals surface area contributed by atoms with Crippen molar-refractivity contribution in [1.82, 2.24) is 4.90 Å². The highest BCUT2D eigenvalue weighted by molar-refractivity contribution is 5.12. The third kappa shape index (κ3) is 3.40. The normalized spacial score (nSPS) is 23.2. The predicted octanol–water partition coefficient (Wildman–Crippen LogP) is 3.49. The molecule has 0 aromatic carbocycles. The molecule has 2 rings (SSSR count). The molecule has 19 heavy (non-hydrogen) atoms. The molecule has 2 unspecified atom stereocenters. The van der Waals surface area contributed by atoms with Crippen molar-refractivity contribution in [2.24, 2.45) is 11.1 Å². The first kappa shape index (κ1) is 14.6. The van der Waals surface area contributed by atoms with E-state index in [9.17, 15) is 0 Å². The molecule has 0 radical (unpaired) electrons. The number of piperidine rings is 1. The lowest BCUT2D eigenvalue weighted by molar-refractivity contribution is 0.0558. The van der Waals surface area contributed by atoms with E-state index in [4.69, 9.17) is 10.2 Å². The molecule has 1 aliphatic heterocycles. The van der Waals surface area contributed by atoms with Crippen LogP contribution in [0, 0.1) is 12.3 Å². The Hall–Kier alpha value is -0.800. The van der Waals surface area contributed by atoms with Gasteiger partial charge in [-0.3, -0.25) is 4.90 Å². The molecular formula is C16H28N2O. The molecule has 2 heterocycles. The average molecular weight is 264 g/mol. The number of hydrogen-bond acceptors (Lipinski definition) is 3. The third-order valence-corrected chi connectivity index (χ3v) is 4.25. The van der Waals surface area contributed by atoms with Crippen molar-refractivity contribution in [3.63, 3.8) is 0 Å². The van der Waals surface area contributed by atoms with Gasteiger partial charge in [0, 0.05) is 12.6 Å². The van der Waals surface area contributed by atoms with Crippen LogP contribution >= 0.6 is 0 Å². The maximum absolute atomic E-state index is 6.38. The zero-order valence-corrected chi connectivity index (χ0v) is 12.8. The highest BCUT2D eigenvalue weighted by Gasteiger charge is 2.34. The quantitative estimate of drug-likeness (QED) is 0.905. The van der Waals surface area contributed by atoms with Gasteiger partial charge in [0.15, 0.2) is 0 Å². The number of furan rings is 1. The highest BCUT2D eigenvalue weighted by Crippen LogP contribution is 2.35. The summed E-state index contributed by atoms with van der Waals surface area (Å²) in [7, 11) is 0. The number of likely N-dealkylation sites (tertiary alicyclic amines) is 1. The molecule has 0 spiro atoms. The molecule has 1 aliphatic rings. The standard InChI is InChI=1S/C16H28N2O/c1-5-13(17)15(14-8-7-12(2)19-14)18-10-6-9-16(3,4)11-18/h7-8,13,15H,5-6,9-11,17H2,1-4H3. The van der Waals surface area contributed by atoms with Crippen molar-refractivity contribution in [1.29, 1.82) is 0 Å². The van der Waals surface area contributed by atoms with Crippen LogP contribution in [0.2, 0.25) is 0 Å². The number of nitrogens with zero attached hydrogens (tertiary/aromatic N) is 1. The van der Waals surface area contributed by atoms with Gasteiger partial charge < -0.3 is 10.2 Å². The van der Waals surface area contributed by atoms with Crippen molar-refractivity contribution in [2.75, 3.05) is 13.1 Å². The van der Waals surface area contributed by atoms with Gasteiger partial charge in [-0.15, -0.1) is 0 Å². The first-order valence-electron chi connectivity index (χ1n) is 7.49. The van der Waals surface area contributed by atoms with Gasteiger partial charge in [0.2, 0.25) is 0 Å². The lowest BCUT2D eigenvalue weighted by atomic mass is 9.82. The van der Waals surface area contributed by atoms with Crippen molar-refractivity contribution < 1.29 is 4.42 Å². The van der Waals surface area contributed by atoms with Crippen LogP contribution in [0.4, 0.5) is 0 Å².